The van der Waals surface area contributed by atoms with E-state index < -0.39 is 6.04 Å². The molecule has 222 valence electrons. The second-order valence-corrected chi connectivity index (χ2v) is 12.8. The summed E-state index contributed by atoms with van der Waals surface area (Å²) in [6.45, 7) is 1.21. The summed E-state index contributed by atoms with van der Waals surface area (Å²) in [5.74, 6) is -0.0378. The van der Waals surface area contributed by atoms with Crippen LogP contribution in [0, 0.1) is 0 Å². The number of rotatable bonds is 6. The number of likely N-dealkylation sites (tertiary alicyclic amines) is 1. The predicted molar refractivity (Wildman–Crippen MR) is 164 cm³/mol. The molecule has 2 atom stereocenters. The van der Waals surface area contributed by atoms with Crippen LogP contribution in [-0.4, -0.2) is 71.9 Å². The van der Waals surface area contributed by atoms with E-state index in [1.165, 1.54) is 12.0 Å². The summed E-state index contributed by atoms with van der Waals surface area (Å²) in [4.78, 5) is 47.3. The summed E-state index contributed by atoms with van der Waals surface area (Å²) in [5.41, 5.74) is 4.32. The third-order valence-corrected chi connectivity index (χ3v) is 9.92. The number of likely N-dealkylation sites (N-methyl/N-ethyl adjacent to an activating group) is 1. The zero-order valence-electron chi connectivity index (χ0n) is 24.8. The van der Waals surface area contributed by atoms with E-state index in [1.807, 2.05) is 49.5 Å². The average molecular weight is 570 g/mol. The summed E-state index contributed by atoms with van der Waals surface area (Å²) < 4.78 is 0. The highest BCUT2D eigenvalue weighted by molar-refractivity contribution is 5.90. The highest BCUT2D eigenvalue weighted by Crippen LogP contribution is 2.52. The van der Waals surface area contributed by atoms with E-state index in [0.29, 0.717) is 19.5 Å². The maximum absolute atomic E-state index is 14.1. The number of para-hydroxylation sites is 1. The van der Waals surface area contributed by atoms with Gasteiger partial charge in [0.1, 0.15) is 6.04 Å². The molecule has 42 heavy (non-hydrogen) atoms. The van der Waals surface area contributed by atoms with Gasteiger partial charge in [0.2, 0.25) is 11.8 Å². The lowest BCUT2D eigenvalue weighted by Crippen LogP contribution is -2.56. The molecular weight excluding hydrogens is 526 g/mol. The molecule has 1 aromatic heterocycles. The molecule has 8 heteroatoms. The molecule has 1 saturated heterocycles. The van der Waals surface area contributed by atoms with Crippen LogP contribution in [0.1, 0.15) is 74.0 Å². The number of carbonyl (C=O) groups is 3. The molecule has 3 aliphatic rings. The molecule has 1 aliphatic heterocycles. The highest BCUT2D eigenvalue weighted by Gasteiger charge is 2.48. The van der Waals surface area contributed by atoms with Crippen molar-refractivity contribution in [1.29, 1.82) is 0 Å². The quantitative estimate of drug-likeness (QED) is 0.396. The second kappa shape index (κ2) is 11.8. The zero-order chi connectivity index (χ0) is 29.3. The molecule has 2 aliphatic carbocycles. The number of benzene rings is 2. The highest BCUT2D eigenvalue weighted by atomic mass is 16.2. The third kappa shape index (κ3) is 5.51. The van der Waals surface area contributed by atoms with E-state index in [1.54, 1.807) is 4.90 Å². The Balaban J connectivity index is 1.19. The maximum Gasteiger partial charge on any atom is 0.315 e. The number of amides is 4. The summed E-state index contributed by atoms with van der Waals surface area (Å²) in [5, 5.41) is 7.28. The van der Waals surface area contributed by atoms with Crippen molar-refractivity contribution in [3.63, 3.8) is 0 Å². The van der Waals surface area contributed by atoms with Gasteiger partial charge in [0, 0.05) is 62.2 Å². The number of piperidine rings is 1. The molecule has 1 saturated carbocycles. The van der Waals surface area contributed by atoms with Gasteiger partial charge in [-0.15, -0.1) is 0 Å². The van der Waals surface area contributed by atoms with Gasteiger partial charge in [0.15, 0.2) is 0 Å². The smallest absolute Gasteiger partial charge is 0.315 e. The van der Waals surface area contributed by atoms with Crippen molar-refractivity contribution < 1.29 is 14.4 Å². The monoisotopic (exact) mass is 569 g/mol. The molecular formula is C34H43N5O3. The summed E-state index contributed by atoms with van der Waals surface area (Å²) >= 11 is 0. The number of aromatic nitrogens is 1. The van der Waals surface area contributed by atoms with Gasteiger partial charge in [-0.05, 0) is 54.9 Å². The number of hydrogen-bond acceptors (Lipinski definition) is 3. The molecule has 0 radical (unpaired) electrons. The van der Waals surface area contributed by atoms with Crippen LogP contribution in [0.5, 0.6) is 0 Å². The lowest BCUT2D eigenvalue weighted by atomic mass is 9.73. The van der Waals surface area contributed by atoms with Crippen molar-refractivity contribution in [3.05, 3.63) is 71.4 Å². The van der Waals surface area contributed by atoms with Gasteiger partial charge in [-0.25, -0.2) is 4.79 Å². The van der Waals surface area contributed by atoms with Crippen LogP contribution < -0.4 is 10.6 Å². The SMILES string of the molecule is CN(C)C(=O)[C@@H]1CC2(CCN(C(=O)C(Cc3c[nH]c4ccccc34)NC(=O)NC3CCCCC3)CC2)c2ccccc21. The second-order valence-electron chi connectivity index (χ2n) is 12.8. The Morgan fingerprint density at radius 2 is 1.71 bits per heavy atom. The number of H-pyrrole nitrogens is 1. The Bertz CT molecular complexity index is 1450. The van der Waals surface area contributed by atoms with Gasteiger partial charge in [-0.2, -0.15) is 0 Å². The molecule has 1 spiro atoms. The number of urea groups is 1. The van der Waals surface area contributed by atoms with Gasteiger partial charge < -0.3 is 25.4 Å². The number of carbonyl (C=O) groups excluding carboxylic acids is 3. The van der Waals surface area contributed by atoms with Crippen LogP contribution in [0.3, 0.4) is 0 Å². The van der Waals surface area contributed by atoms with Gasteiger partial charge in [0.25, 0.3) is 0 Å². The van der Waals surface area contributed by atoms with Gasteiger partial charge in [0.05, 0.1) is 5.92 Å². The van der Waals surface area contributed by atoms with Crippen molar-refractivity contribution in [1.82, 2.24) is 25.4 Å². The first kappa shape index (κ1) is 28.3. The van der Waals surface area contributed by atoms with Crippen LogP contribution >= 0.6 is 0 Å². The Hall–Kier alpha value is -3.81. The number of nitrogens with zero attached hydrogens (tertiary/aromatic N) is 2. The maximum atomic E-state index is 14.1. The zero-order valence-corrected chi connectivity index (χ0v) is 24.8. The Labute approximate surface area is 248 Å². The van der Waals surface area contributed by atoms with E-state index in [9.17, 15) is 14.4 Å². The molecule has 2 heterocycles. The standard InChI is InChI=1S/C34H43N5O3/c1-38(2)31(40)27-21-34(28-14-8-6-13-26(27)28)16-18-39(19-17-34)32(41)30(37-33(42)36-24-10-4-3-5-11-24)20-23-22-35-29-15-9-7-12-25(23)29/h6-9,12-15,22,24,27,30,35H,3-5,10-11,16-21H2,1-2H3,(H2,36,37,42)/t27-,30?/m1/s1. The number of fused-ring (bicyclic) bond motifs is 3. The molecule has 3 aromatic rings. The van der Waals surface area contributed by atoms with Crippen LogP contribution in [0.15, 0.2) is 54.7 Å². The molecule has 1 unspecified atom stereocenters. The Morgan fingerprint density at radius 1 is 1.00 bits per heavy atom. The van der Waals surface area contributed by atoms with E-state index in [4.69, 9.17) is 0 Å². The molecule has 2 aromatic carbocycles. The van der Waals surface area contributed by atoms with E-state index in [2.05, 4.69) is 39.9 Å². The van der Waals surface area contributed by atoms with Gasteiger partial charge in [-0.3, -0.25) is 9.59 Å². The fourth-order valence-corrected chi connectivity index (χ4v) is 7.63. The molecule has 3 N–H and O–H groups in total. The molecule has 6 rings (SSSR count). The molecule has 0 bridgehead atoms. The summed E-state index contributed by atoms with van der Waals surface area (Å²) in [6.07, 6.45) is 10.2. The van der Waals surface area contributed by atoms with E-state index >= 15 is 0 Å². The first-order valence-corrected chi connectivity index (χ1v) is 15.6. The molecule has 2 fully saturated rings. The minimum Gasteiger partial charge on any atom is -0.361 e. The average Bonchev–Trinajstić information content (AvgIpc) is 3.56. The Kier molecular flexibility index (Phi) is 7.97. The van der Waals surface area contributed by atoms with Crippen molar-refractivity contribution in [3.8, 4) is 0 Å². The third-order valence-electron chi connectivity index (χ3n) is 9.92. The fraction of sp³-hybridized carbons (Fsp3) is 0.500. The van der Waals surface area contributed by atoms with Crippen LogP contribution in [0.25, 0.3) is 10.9 Å². The minimum absolute atomic E-state index is 0.0406. The largest absolute Gasteiger partial charge is 0.361 e. The minimum atomic E-state index is -0.666. The van der Waals surface area contributed by atoms with Crippen molar-refractivity contribution in [2.75, 3.05) is 27.2 Å². The first-order chi connectivity index (χ1) is 20.3. The van der Waals surface area contributed by atoms with Crippen LogP contribution in [-0.2, 0) is 21.4 Å². The van der Waals surface area contributed by atoms with Crippen LogP contribution in [0.4, 0.5) is 4.79 Å². The fourth-order valence-electron chi connectivity index (χ4n) is 7.63. The van der Waals surface area contributed by atoms with E-state index in [-0.39, 0.29) is 35.2 Å². The van der Waals surface area contributed by atoms with Crippen molar-refractivity contribution in [2.24, 2.45) is 0 Å². The number of aromatic amines is 1. The molecule has 8 nitrogen and oxygen atoms in total. The van der Waals surface area contributed by atoms with Crippen LogP contribution in [0.2, 0.25) is 0 Å². The van der Waals surface area contributed by atoms with Gasteiger partial charge in [-0.1, -0.05) is 61.7 Å². The number of nitrogens with one attached hydrogen (secondary N) is 3. The predicted octanol–water partition coefficient (Wildman–Crippen LogP) is 4.85. The van der Waals surface area contributed by atoms with Crippen molar-refractivity contribution >= 4 is 28.7 Å². The normalized spacial score (nSPS) is 20.7. The van der Waals surface area contributed by atoms with Crippen molar-refractivity contribution in [2.45, 2.75) is 81.2 Å². The first-order valence-electron chi connectivity index (χ1n) is 15.6. The summed E-state index contributed by atoms with van der Waals surface area (Å²) in [7, 11) is 3.64. The topological polar surface area (TPSA) is 97.5 Å². The van der Waals surface area contributed by atoms with Gasteiger partial charge >= 0.3 is 6.03 Å². The van der Waals surface area contributed by atoms with E-state index in [0.717, 1.165) is 67.0 Å². The lowest BCUT2D eigenvalue weighted by Gasteiger charge is -2.41. The lowest BCUT2D eigenvalue weighted by molar-refractivity contribution is -0.135. The Morgan fingerprint density at radius 3 is 2.48 bits per heavy atom. The molecule has 4 amide bonds. The summed E-state index contributed by atoms with van der Waals surface area (Å²) in [6, 6.07) is 15.7. The number of hydrogen-bond donors (Lipinski definition) is 3.